The number of nitrogens with one attached hydrogen (secondary N) is 1. The third-order valence-electron chi connectivity index (χ3n) is 3.92. The second-order valence-electron chi connectivity index (χ2n) is 6.01. The predicted octanol–water partition coefficient (Wildman–Crippen LogP) is 3.18. The Kier molecular flexibility index (Phi) is 5.65. The van der Waals surface area contributed by atoms with Gasteiger partial charge in [0.1, 0.15) is 0 Å². The standard InChI is InChI=1S/C15H22Br2N2O/c1-15(2,10-20)14(19-7-5-18-6-8-19)11-3-4-12(16)13(17)9-11/h3-4,9,14,18,20H,5-8,10H2,1-2H3/t14-/m1/s1. The van der Waals surface area contributed by atoms with Gasteiger partial charge in [-0.15, -0.1) is 0 Å². The van der Waals surface area contributed by atoms with Gasteiger partial charge in [0.15, 0.2) is 0 Å². The van der Waals surface area contributed by atoms with E-state index in [4.69, 9.17) is 0 Å². The summed E-state index contributed by atoms with van der Waals surface area (Å²) < 4.78 is 2.12. The van der Waals surface area contributed by atoms with E-state index in [1.165, 1.54) is 5.56 Å². The van der Waals surface area contributed by atoms with Crippen molar-refractivity contribution >= 4 is 31.9 Å². The van der Waals surface area contributed by atoms with Gasteiger partial charge in [-0.3, -0.25) is 4.90 Å². The molecular formula is C15H22Br2N2O. The Labute approximate surface area is 138 Å². The average molecular weight is 406 g/mol. The monoisotopic (exact) mass is 404 g/mol. The molecule has 0 amide bonds. The van der Waals surface area contributed by atoms with Crippen molar-refractivity contribution in [3.05, 3.63) is 32.7 Å². The smallest absolute Gasteiger partial charge is 0.0500 e. The van der Waals surface area contributed by atoms with Crippen molar-refractivity contribution in [3.8, 4) is 0 Å². The Bertz CT molecular complexity index is 459. The summed E-state index contributed by atoms with van der Waals surface area (Å²) in [6, 6.07) is 6.61. The molecule has 1 heterocycles. The third kappa shape index (κ3) is 3.63. The van der Waals surface area contributed by atoms with Gasteiger partial charge in [0, 0.05) is 53.2 Å². The largest absolute Gasteiger partial charge is 0.396 e. The molecule has 1 saturated heterocycles. The molecule has 1 atom stereocenters. The first-order valence-electron chi connectivity index (χ1n) is 6.96. The highest BCUT2D eigenvalue weighted by Gasteiger charge is 2.35. The molecule has 0 spiro atoms. The zero-order chi connectivity index (χ0) is 14.8. The molecule has 3 nitrogen and oxygen atoms in total. The number of hydrogen-bond acceptors (Lipinski definition) is 3. The summed E-state index contributed by atoms with van der Waals surface area (Å²) in [7, 11) is 0. The molecule has 1 aliphatic heterocycles. The predicted molar refractivity (Wildman–Crippen MR) is 89.9 cm³/mol. The van der Waals surface area contributed by atoms with E-state index in [1.807, 2.05) is 0 Å². The van der Waals surface area contributed by atoms with Crippen molar-refractivity contribution in [2.75, 3.05) is 32.8 Å². The van der Waals surface area contributed by atoms with Gasteiger partial charge < -0.3 is 10.4 Å². The molecular weight excluding hydrogens is 384 g/mol. The van der Waals surface area contributed by atoms with Gasteiger partial charge in [-0.1, -0.05) is 19.9 Å². The summed E-state index contributed by atoms with van der Waals surface area (Å²) in [4.78, 5) is 2.47. The van der Waals surface area contributed by atoms with Gasteiger partial charge in [-0.25, -0.2) is 0 Å². The molecule has 112 valence electrons. The van der Waals surface area contributed by atoms with Crippen LogP contribution >= 0.6 is 31.9 Å². The topological polar surface area (TPSA) is 35.5 Å². The van der Waals surface area contributed by atoms with E-state index >= 15 is 0 Å². The number of aliphatic hydroxyl groups excluding tert-OH is 1. The van der Waals surface area contributed by atoms with Gasteiger partial charge in [-0.05, 0) is 49.6 Å². The maximum absolute atomic E-state index is 9.82. The Balaban J connectivity index is 2.36. The lowest BCUT2D eigenvalue weighted by molar-refractivity contribution is 0.0305. The molecule has 0 radical (unpaired) electrons. The number of piperazine rings is 1. The van der Waals surface area contributed by atoms with E-state index in [1.54, 1.807) is 0 Å². The minimum absolute atomic E-state index is 0.176. The SMILES string of the molecule is CC(C)(CO)[C@@H](c1ccc(Br)c(Br)c1)N1CCNCC1. The molecule has 0 aromatic heterocycles. The van der Waals surface area contributed by atoms with E-state index in [0.29, 0.717) is 0 Å². The summed E-state index contributed by atoms with van der Waals surface area (Å²) >= 11 is 7.11. The summed E-state index contributed by atoms with van der Waals surface area (Å²) in [5.41, 5.74) is 1.07. The van der Waals surface area contributed by atoms with Crippen LogP contribution in [0.2, 0.25) is 0 Å². The normalized spacial score (nSPS) is 19.1. The van der Waals surface area contributed by atoms with Crippen LogP contribution in [-0.2, 0) is 0 Å². The number of aliphatic hydroxyl groups is 1. The second-order valence-corrected chi connectivity index (χ2v) is 7.72. The van der Waals surface area contributed by atoms with Crippen LogP contribution in [0.3, 0.4) is 0 Å². The highest BCUT2D eigenvalue weighted by molar-refractivity contribution is 9.13. The van der Waals surface area contributed by atoms with Gasteiger partial charge >= 0.3 is 0 Å². The number of nitrogens with zero attached hydrogens (tertiary/aromatic N) is 1. The molecule has 0 bridgehead atoms. The molecule has 5 heteroatoms. The molecule has 0 saturated carbocycles. The molecule has 1 aromatic carbocycles. The number of benzene rings is 1. The number of halogens is 2. The molecule has 20 heavy (non-hydrogen) atoms. The van der Waals surface area contributed by atoms with Crippen molar-refractivity contribution in [2.45, 2.75) is 19.9 Å². The van der Waals surface area contributed by atoms with Crippen molar-refractivity contribution in [2.24, 2.45) is 5.41 Å². The maximum atomic E-state index is 9.82. The van der Waals surface area contributed by atoms with Crippen molar-refractivity contribution in [3.63, 3.8) is 0 Å². The first-order valence-corrected chi connectivity index (χ1v) is 8.55. The molecule has 0 aliphatic carbocycles. The first-order chi connectivity index (χ1) is 9.45. The lowest BCUT2D eigenvalue weighted by atomic mass is 9.80. The molecule has 1 aliphatic rings. The van der Waals surface area contributed by atoms with E-state index < -0.39 is 0 Å². The number of hydrogen-bond donors (Lipinski definition) is 2. The lowest BCUT2D eigenvalue weighted by Crippen LogP contribution is -2.49. The van der Waals surface area contributed by atoms with Crippen molar-refractivity contribution in [1.82, 2.24) is 10.2 Å². The Morgan fingerprint density at radius 2 is 1.90 bits per heavy atom. The van der Waals surface area contributed by atoms with Gasteiger partial charge in [0.2, 0.25) is 0 Å². The minimum Gasteiger partial charge on any atom is -0.396 e. The van der Waals surface area contributed by atoms with Crippen LogP contribution < -0.4 is 5.32 Å². The Morgan fingerprint density at radius 1 is 1.25 bits per heavy atom. The van der Waals surface area contributed by atoms with Gasteiger partial charge in [0.05, 0.1) is 0 Å². The summed E-state index contributed by atoms with van der Waals surface area (Å²) in [6.45, 7) is 8.50. The van der Waals surface area contributed by atoms with E-state index in [0.717, 1.165) is 35.1 Å². The second kappa shape index (κ2) is 6.88. The fraction of sp³-hybridized carbons (Fsp3) is 0.600. The molecule has 1 aromatic rings. The molecule has 2 N–H and O–H groups in total. The minimum atomic E-state index is -0.176. The quantitative estimate of drug-likeness (QED) is 0.807. The van der Waals surface area contributed by atoms with Crippen molar-refractivity contribution < 1.29 is 5.11 Å². The van der Waals surface area contributed by atoms with Crippen LogP contribution in [0.15, 0.2) is 27.1 Å². The van der Waals surface area contributed by atoms with Crippen LogP contribution in [0.4, 0.5) is 0 Å². The summed E-state index contributed by atoms with van der Waals surface area (Å²) in [6.07, 6.45) is 0. The highest BCUT2D eigenvalue weighted by atomic mass is 79.9. The van der Waals surface area contributed by atoms with Crippen LogP contribution in [0, 0.1) is 5.41 Å². The van der Waals surface area contributed by atoms with E-state index in [-0.39, 0.29) is 18.1 Å². The van der Waals surface area contributed by atoms with Gasteiger partial charge in [-0.2, -0.15) is 0 Å². The first kappa shape index (κ1) is 16.4. The number of rotatable bonds is 4. The average Bonchev–Trinajstić information content (AvgIpc) is 2.44. The Hall–Kier alpha value is 0.0600. The summed E-state index contributed by atoms with van der Waals surface area (Å²) in [5.74, 6) is 0. The van der Waals surface area contributed by atoms with E-state index in [9.17, 15) is 5.11 Å². The lowest BCUT2D eigenvalue weighted by Gasteiger charge is -2.43. The van der Waals surface area contributed by atoms with Crippen LogP contribution in [-0.4, -0.2) is 42.8 Å². The summed E-state index contributed by atoms with van der Waals surface area (Å²) in [5, 5.41) is 13.2. The highest BCUT2D eigenvalue weighted by Crippen LogP contribution is 2.40. The van der Waals surface area contributed by atoms with Crippen LogP contribution in [0.5, 0.6) is 0 Å². The fourth-order valence-corrected chi connectivity index (χ4v) is 3.51. The molecule has 0 unspecified atom stereocenters. The maximum Gasteiger partial charge on any atom is 0.0500 e. The van der Waals surface area contributed by atoms with E-state index in [2.05, 4.69) is 74.1 Å². The zero-order valence-corrected chi connectivity index (χ0v) is 15.2. The molecule has 1 fully saturated rings. The van der Waals surface area contributed by atoms with Crippen LogP contribution in [0.25, 0.3) is 0 Å². The van der Waals surface area contributed by atoms with Crippen molar-refractivity contribution in [1.29, 1.82) is 0 Å². The zero-order valence-electron chi connectivity index (χ0n) is 12.0. The third-order valence-corrected chi connectivity index (χ3v) is 5.80. The fourth-order valence-electron chi connectivity index (χ4n) is 2.87. The molecule has 2 rings (SSSR count). The van der Waals surface area contributed by atoms with Gasteiger partial charge in [0.25, 0.3) is 0 Å². The van der Waals surface area contributed by atoms with Crippen LogP contribution in [0.1, 0.15) is 25.5 Å². The Morgan fingerprint density at radius 3 is 2.45 bits per heavy atom.